The van der Waals surface area contributed by atoms with Crippen molar-refractivity contribution in [1.29, 1.82) is 0 Å². The summed E-state index contributed by atoms with van der Waals surface area (Å²) in [6.07, 6.45) is 5.40. The minimum absolute atomic E-state index is 0.144. The van der Waals surface area contributed by atoms with E-state index in [1.807, 2.05) is 41.3 Å². The van der Waals surface area contributed by atoms with Gasteiger partial charge in [-0.05, 0) is 30.4 Å². The first-order valence-corrected chi connectivity index (χ1v) is 11.7. The van der Waals surface area contributed by atoms with Crippen LogP contribution < -0.4 is 0 Å². The molecule has 0 saturated carbocycles. The lowest BCUT2D eigenvalue weighted by Gasteiger charge is -2.23. The third-order valence-corrected chi connectivity index (χ3v) is 6.43. The summed E-state index contributed by atoms with van der Waals surface area (Å²) < 4.78 is 2.20. The monoisotopic (exact) mass is 420 g/mol. The van der Waals surface area contributed by atoms with Gasteiger partial charge in [-0.3, -0.25) is 4.79 Å². The van der Waals surface area contributed by atoms with Crippen molar-refractivity contribution in [1.82, 2.24) is 19.7 Å². The lowest BCUT2D eigenvalue weighted by Crippen LogP contribution is -2.34. The summed E-state index contributed by atoms with van der Waals surface area (Å²) in [4.78, 5) is 15.1. The van der Waals surface area contributed by atoms with Crippen molar-refractivity contribution in [3.05, 3.63) is 77.6 Å². The van der Waals surface area contributed by atoms with Crippen molar-refractivity contribution in [2.75, 3.05) is 12.3 Å². The molecule has 1 aliphatic rings. The Hall–Kier alpha value is -2.60. The molecule has 156 valence electrons. The number of aryl methyl sites for hydroxylation is 1. The second-order valence-corrected chi connectivity index (χ2v) is 8.63. The van der Waals surface area contributed by atoms with Gasteiger partial charge >= 0.3 is 0 Å². The highest BCUT2D eigenvalue weighted by Crippen LogP contribution is 2.22. The van der Waals surface area contributed by atoms with E-state index in [-0.39, 0.29) is 5.91 Å². The second kappa shape index (κ2) is 10.4. The summed E-state index contributed by atoms with van der Waals surface area (Å²) in [7, 11) is 0. The van der Waals surface area contributed by atoms with Crippen LogP contribution >= 0.6 is 11.8 Å². The molecular formula is C24H28N4OS. The minimum atomic E-state index is 0.144. The van der Waals surface area contributed by atoms with Crippen LogP contribution in [0.25, 0.3) is 0 Å². The van der Waals surface area contributed by atoms with Crippen molar-refractivity contribution in [2.45, 2.75) is 50.4 Å². The number of hydrogen-bond donors (Lipinski definition) is 0. The molecule has 6 heteroatoms. The summed E-state index contributed by atoms with van der Waals surface area (Å²) in [5.41, 5.74) is 2.40. The average molecular weight is 421 g/mol. The average Bonchev–Trinajstić information content (AvgIpc) is 3.02. The standard InChI is InChI=1S/C24H28N4OS/c29-23(19-30-24-26-25-22-14-8-3-9-16-28(22)24)27(18-21-12-6-2-7-13-21)17-15-20-10-4-1-5-11-20/h1-2,4-7,10-13H,3,8-9,14-19H2. The van der Waals surface area contributed by atoms with E-state index in [9.17, 15) is 4.79 Å². The van der Waals surface area contributed by atoms with Gasteiger partial charge in [-0.2, -0.15) is 0 Å². The molecule has 0 unspecified atom stereocenters. The van der Waals surface area contributed by atoms with Gasteiger partial charge in [-0.15, -0.1) is 10.2 Å². The third kappa shape index (κ3) is 5.51. The van der Waals surface area contributed by atoms with Crippen molar-refractivity contribution in [3.63, 3.8) is 0 Å². The van der Waals surface area contributed by atoms with Crippen LogP contribution in [0.4, 0.5) is 0 Å². The summed E-state index contributed by atoms with van der Waals surface area (Å²) in [5, 5.41) is 9.58. The zero-order valence-corrected chi connectivity index (χ0v) is 18.1. The summed E-state index contributed by atoms with van der Waals surface area (Å²) in [6.45, 7) is 2.29. The zero-order chi connectivity index (χ0) is 20.6. The van der Waals surface area contributed by atoms with Crippen LogP contribution in [0, 0.1) is 0 Å². The van der Waals surface area contributed by atoms with Gasteiger partial charge in [-0.25, -0.2) is 0 Å². The molecule has 0 fully saturated rings. The maximum atomic E-state index is 13.1. The Labute approximate surface area is 182 Å². The Morgan fingerprint density at radius 3 is 2.43 bits per heavy atom. The van der Waals surface area contributed by atoms with Gasteiger partial charge in [0.15, 0.2) is 5.16 Å². The van der Waals surface area contributed by atoms with Crippen molar-refractivity contribution < 1.29 is 4.79 Å². The lowest BCUT2D eigenvalue weighted by atomic mass is 10.1. The van der Waals surface area contributed by atoms with Gasteiger partial charge in [0.1, 0.15) is 5.82 Å². The first kappa shape index (κ1) is 20.7. The highest BCUT2D eigenvalue weighted by molar-refractivity contribution is 7.99. The van der Waals surface area contributed by atoms with E-state index in [2.05, 4.69) is 39.0 Å². The Bertz CT molecular complexity index is 942. The number of hydrogen-bond acceptors (Lipinski definition) is 4. The molecule has 1 aromatic heterocycles. The largest absolute Gasteiger partial charge is 0.337 e. The molecule has 2 heterocycles. The van der Waals surface area contributed by atoms with Gasteiger partial charge in [0.25, 0.3) is 0 Å². The number of aromatic nitrogens is 3. The van der Waals surface area contributed by atoms with E-state index in [4.69, 9.17) is 0 Å². The number of nitrogens with zero attached hydrogens (tertiary/aromatic N) is 4. The highest BCUT2D eigenvalue weighted by Gasteiger charge is 2.19. The number of carbonyl (C=O) groups excluding carboxylic acids is 1. The van der Waals surface area contributed by atoms with Gasteiger partial charge in [-0.1, -0.05) is 78.8 Å². The number of benzene rings is 2. The van der Waals surface area contributed by atoms with Crippen LogP contribution in [-0.4, -0.2) is 37.9 Å². The molecule has 0 saturated heterocycles. The van der Waals surface area contributed by atoms with Crippen LogP contribution in [-0.2, 0) is 30.7 Å². The molecule has 0 atom stereocenters. The summed E-state index contributed by atoms with van der Waals surface area (Å²) in [6, 6.07) is 20.6. The number of amides is 1. The molecule has 0 radical (unpaired) electrons. The molecule has 30 heavy (non-hydrogen) atoms. The topological polar surface area (TPSA) is 51.0 Å². The van der Waals surface area contributed by atoms with Crippen LogP contribution in [0.2, 0.25) is 0 Å². The van der Waals surface area contributed by atoms with Crippen molar-refractivity contribution >= 4 is 17.7 Å². The number of thioether (sulfide) groups is 1. The first-order valence-electron chi connectivity index (χ1n) is 10.7. The van der Waals surface area contributed by atoms with E-state index >= 15 is 0 Å². The molecule has 1 amide bonds. The number of carbonyl (C=O) groups is 1. The summed E-state index contributed by atoms with van der Waals surface area (Å²) in [5.74, 6) is 1.60. The SMILES string of the molecule is O=C(CSc1nnc2n1CCCCC2)N(CCc1ccccc1)Cc1ccccc1. The second-order valence-electron chi connectivity index (χ2n) is 7.69. The molecular weight excluding hydrogens is 392 g/mol. The van der Waals surface area contributed by atoms with Crippen LogP contribution in [0.5, 0.6) is 0 Å². The predicted molar refractivity (Wildman–Crippen MR) is 120 cm³/mol. The fraction of sp³-hybridized carbons (Fsp3) is 0.375. The van der Waals surface area contributed by atoms with Gasteiger partial charge < -0.3 is 9.47 Å². The molecule has 0 spiro atoms. The highest BCUT2D eigenvalue weighted by atomic mass is 32.2. The number of fused-ring (bicyclic) bond motifs is 1. The van der Waals surface area contributed by atoms with Gasteiger partial charge in [0, 0.05) is 26.1 Å². The molecule has 2 aromatic carbocycles. The molecule has 4 rings (SSSR count). The quantitative estimate of drug-likeness (QED) is 0.508. The molecule has 1 aliphatic heterocycles. The molecule has 0 N–H and O–H groups in total. The Morgan fingerprint density at radius 1 is 0.933 bits per heavy atom. The van der Waals surface area contributed by atoms with Gasteiger partial charge in [0.05, 0.1) is 5.75 Å². The molecule has 0 bridgehead atoms. The number of rotatable bonds is 8. The fourth-order valence-corrected chi connectivity index (χ4v) is 4.67. The molecule has 5 nitrogen and oxygen atoms in total. The smallest absolute Gasteiger partial charge is 0.233 e. The van der Waals surface area contributed by atoms with E-state index in [1.165, 1.54) is 30.2 Å². The maximum absolute atomic E-state index is 13.1. The van der Waals surface area contributed by atoms with E-state index in [0.29, 0.717) is 18.8 Å². The van der Waals surface area contributed by atoms with E-state index in [0.717, 1.165) is 42.4 Å². The predicted octanol–water partition coefficient (Wildman–Crippen LogP) is 4.37. The van der Waals surface area contributed by atoms with Crippen molar-refractivity contribution in [2.24, 2.45) is 0 Å². The molecule has 0 aliphatic carbocycles. The third-order valence-electron chi connectivity index (χ3n) is 5.48. The maximum Gasteiger partial charge on any atom is 0.233 e. The van der Waals surface area contributed by atoms with Crippen molar-refractivity contribution in [3.8, 4) is 0 Å². The Morgan fingerprint density at radius 2 is 1.67 bits per heavy atom. The minimum Gasteiger partial charge on any atom is -0.337 e. The van der Waals surface area contributed by atoms with E-state index in [1.54, 1.807) is 0 Å². The zero-order valence-electron chi connectivity index (χ0n) is 17.2. The Kier molecular flexibility index (Phi) is 7.19. The fourth-order valence-electron chi connectivity index (χ4n) is 3.79. The summed E-state index contributed by atoms with van der Waals surface area (Å²) >= 11 is 1.52. The van der Waals surface area contributed by atoms with Crippen LogP contribution in [0.3, 0.4) is 0 Å². The van der Waals surface area contributed by atoms with Crippen LogP contribution in [0.1, 0.15) is 36.2 Å². The first-order chi connectivity index (χ1) is 14.8. The van der Waals surface area contributed by atoms with Gasteiger partial charge in [0.2, 0.25) is 5.91 Å². The van der Waals surface area contributed by atoms with E-state index < -0.39 is 0 Å². The lowest BCUT2D eigenvalue weighted by molar-refractivity contribution is -0.128. The molecule has 3 aromatic rings. The van der Waals surface area contributed by atoms with Crippen LogP contribution in [0.15, 0.2) is 65.8 Å². The normalized spacial score (nSPS) is 13.5. The Balaban J connectivity index is 1.41.